The van der Waals surface area contributed by atoms with Crippen LogP contribution in [0.4, 0.5) is 0 Å². The Labute approximate surface area is 177 Å². The van der Waals surface area contributed by atoms with Crippen molar-refractivity contribution in [1.82, 2.24) is 25.3 Å². The lowest BCUT2D eigenvalue weighted by Gasteiger charge is -2.21. The van der Waals surface area contributed by atoms with Gasteiger partial charge in [0.05, 0.1) is 25.0 Å². The third-order valence-corrected chi connectivity index (χ3v) is 3.69. The van der Waals surface area contributed by atoms with E-state index in [9.17, 15) is 4.79 Å². The van der Waals surface area contributed by atoms with Crippen LogP contribution < -0.4 is 10.6 Å². The normalized spacial score (nSPS) is 10.9. The molecule has 27 heavy (non-hydrogen) atoms. The maximum absolute atomic E-state index is 11.8. The van der Waals surface area contributed by atoms with Crippen LogP contribution in [0.25, 0.3) is 5.69 Å². The van der Waals surface area contributed by atoms with E-state index in [0.717, 1.165) is 11.3 Å². The molecular weight excluding hydrogens is 459 g/mol. The van der Waals surface area contributed by atoms with E-state index >= 15 is 0 Å². The molecule has 1 aromatic carbocycles. The number of carbonyl (C=O) groups excluding carboxylic acids is 1. The van der Waals surface area contributed by atoms with Gasteiger partial charge in [0.2, 0.25) is 5.91 Å². The van der Waals surface area contributed by atoms with Gasteiger partial charge in [-0.25, -0.2) is 4.68 Å². The molecule has 0 spiro atoms. The highest BCUT2D eigenvalue weighted by molar-refractivity contribution is 14.0. The van der Waals surface area contributed by atoms with E-state index in [1.54, 1.807) is 14.2 Å². The minimum Gasteiger partial charge on any atom is -0.383 e. The van der Waals surface area contributed by atoms with Crippen molar-refractivity contribution in [3.8, 4) is 5.69 Å². The van der Waals surface area contributed by atoms with Crippen LogP contribution >= 0.6 is 24.0 Å². The van der Waals surface area contributed by atoms with Crippen LogP contribution in [-0.2, 0) is 16.1 Å². The Hall–Kier alpha value is -2.14. The lowest BCUT2D eigenvalue weighted by Crippen LogP contribution is -2.44. The lowest BCUT2D eigenvalue weighted by molar-refractivity contribution is -0.120. The summed E-state index contributed by atoms with van der Waals surface area (Å²) in [4.78, 5) is 17.9. The van der Waals surface area contributed by atoms with E-state index in [0.29, 0.717) is 25.7 Å². The van der Waals surface area contributed by atoms with E-state index in [1.807, 2.05) is 59.4 Å². The molecule has 1 aromatic heterocycles. The molecule has 0 fully saturated rings. The highest BCUT2D eigenvalue weighted by atomic mass is 127. The predicted octanol–water partition coefficient (Wildman–Crippen LogP) is 1.26. The fourth-order valence-corrected chi connectivity index (χ4v) is 2.41. The van der Waals surface area contributed by atoms with Crippen LogP contribution in [0.5, 0.6) is 0 Å². The Morgan fingerprint density at radius 2 is 2.04 bits per heavy atom. The number of nitrogens with one attached hydrogen (secondary N) is 2. The van der Waals surface area contributed by atoms with Crippen LogP contribution in [0.1, 0.15) is 5.56 Å². The molecule has 0 saturated carbocycles. The predicted molar refractivity (Wildman–Crippen MR) is 117 cm³/mol. The Bertz CT molecular complexity index is 720. The molecular formula is C18H27IN6O2. The van der Waals surface area contributed by atoms with Crippen LogP contribution in [0.2, 0.25) is 0 Å². The Morgan fingerprint density at radius 3 is 2.70 bits per heavy atom. The molecule has 0 unspecified atom stereocenters. The highest BCUT2D eigenvalue weighted by Gasteiger charge is 2.10. The summed E-state index contributed by atoms with van der Waals surface area (Å²) in [7, 11) is 5.20. The van der Waals surface area contributed by atoms with Gasteiger partial charge in [0, 0.05) is 46.1 Å². The van der Waals surface area contributed by atoms with Crippen LogP contribution in [0.15, 0.2) is 47.7 Å². The summed E-state index contributed by atoms with van der Waals surface area (Å²) in [6, 6.07) is 9.94. The van der Waals surface area contributed by atoms with Crippen LogP contribution in [-0.4, -0.2) is 67.4 Å². The summed E-state index contributed by atoms with van der Waals surface area (Å²) in [5.41, 5.74) is 2.06. The molecule has 0 aliphatic rings. The quantitative estimate of drug-likeness (QED) is 0.254. The van der Waals surface area contributed by atoms with Gasteiger partial charge in [0.1, 0.15) is 0 Å². The van der Waals surface area contributed by atoms with Crippen LogP contribution in [0.3, 0.4) is 0 Å². The number of para-hydroxylation sites is 1. The summed E-state index contributed by atoms with van der Waals surface area (Å²) in [6.07, 6.45) is 3.81. The number of hydrogen-bond donors (Lipinski definition) is 2. The average molecular weight is 486 g/mol. The number of aliphatic imine (C=N–C) groups is 1. The SMILES string of the molecule is CN=C(NCC(=O)NCCOC)N(C)Cc1cnn(-c2ccccc2)c1.I. The van der Waals surface area contributed by atoms with Gasteiger partial charge < -0.3 is 20.3 Å². The molecule has 1 heterocycles. The van der Waals surface area contributed by atoms with Gasteiger partial charge >= 0.3 is 0 Å². The number of carbonyl (C=O) groups is 1. The van der Waals surface area contributed by atoms with Gasteiger partial charge in [-0.2, -0.15) is 5.10 Å². The molecule has 0 aliphatic heterocycles. The number of hydrogen-bond acceptors (Lipinski definition) is 4. The van der Waals surface area contributed by atoms with Crippen molar-refractivity contribution in [1.29, 1.82) is 0 Å². The summed E-state index contributed by atoms with van der Waals surface area (Å²) in [5.74, 6) is 0.535. The van der Waals surface area contributed by atoms with Gasteiger partial charge in [-0.05, 0) is 12.1 Å². The zero-order chi connectivity index (χ0) is 18.8. The van der Waals surface area contributed by atoms with Gasteiger partial charge in [0.15, 0.2) is 5.96 Å². The number of methoxy groups -OCH3 is 1. The fourth-order valence-electron chi connectivity index (χ4n) is 2.41. The number of aromatic nitrogens is 2. The molecule has 9 heteroatoms. The Kier molecular flexibility index (Phi) is 10.4. The summed E-state index contributed by atoms with van der Waals surface area (Å²) >= 11 is 0. The zero-order valence-electron chi connectivity index (χ0n) is 15.9. The Morgan fingerprint density at radius 1 is 1.30 bits per heavy atom. The van der Waals surface area contributed by atoms with Crippen molar-refractivity contribution in [2.45, 2.75) is 6.54 Å². The second-order valence-corrected chi connectivity index (χ2v) is 5.73. The molecule has 0 bridgehead atoms. The molecule has 2 aromatic rings. The summed E-state index contributed by atoms with van der Waals surface area (Å²) in [5, 5.41) is 10.2. The molecule has 0 aliphatic carbocycles. The standard InChI is InChI=1S/C18H26N6O2.HI/c1-19-18(21-12-17(25)20-9-10-26-3)23(2)13-15-11-22-24(14-15)16-7-5-4-6-8-16;/h4-8,11,14H,9-10,12-13H2,1-3H3,(H,19,21)(H,20,25);1H. The van der Waals surface area contributed by atoms with E-state index < -0.39 is 0 Å². The molecule has 1 amide bonds. The van der Waals surface area contributed by atoms with E-state index in [2.05, 4.69) is 20.7 Å². The molecule has 0 atom stereocenters. The Balaban J connectivity index is 0.00000364. The second-order valence-electron chi connectivity index (χ2n) is 5.73. The first-order valence-corrected chi connectivity index (χ1v) is 8.40. The van der Waals surface area contributed by atoms with Crippen molar-refractivity contribution in [3.05, 3.63) is 48.3 Å². The first-order chi connectivity index (χ1) is 12.6. The van der Waals surface area contributed by atoms with E-state index in [-0.39, 0.29) is 36.4 Å². The number of amides is 1. The highest BCUT2D eigenvalue weighted by Crippen LogP contribution is 2.09. The third kappa shape index (κ3) is 7.55. The minimum absolute atomic E-state index is 0. The number of nitrogens with zero attached hydrogens (tertiary/aromatic N) is 4. The topological polar surface area (TPSA) is 83.8 Å². The fraction of sp³-hybridized carbons (Fsp3) is 0.389. The number of rotatable bonds is 8. The van der Waals surface area contributed by atoms with E-state index in [4.69, 9.17) is 4.74 Å². The lowest BCUT2D eigenvalue weighted by atomic mass is 10.3. The number of guanidine groups is 1. The third-order valence-electron chi connectivity index (χ3n) is 3.69. The maximum Gasteiger partial charge on any atom is 0.239 e. The largest absolute Gasteiger partial charge is 0.383 e. The smallest absolute Gasteiger partial charge is 0.239 e. The minimum atomic E-state index is -0.103. The first-order valence-electron chi connectivity index (χ1n) is 8.40. The van der Waals surface area contributed by atoms with Crippen molar-refractivity contribution in [2.75, 3.05) is 40.9 Å². The molecule has 0 saturated heterocycles. The number of halogens is 1. The maximum atomic E-state index is 11.8. The summed E-state index contributed by atoms with van der Waals surface area (Å²) < 4.78 is 6.74. The summed E-state index contributed by atoms with van der Waals surface area (Å²) in [6.45, 7) is 1.76. The molecule has 0 radical (unpaired) electrons. The molecule has 2 N–H and O–H groups in total. The number of benzene rings is 1. The van der Waals surface area contributed by atoms with Crippen molar-refractivity contribution in [2.24, 2.45) is 4.99 Å². The van der Waals surface area contributed by atoms with Gasteiger partial charge in [-0.3, -0.25) is 9.79 Å². The van der Waals surface area contributed by atoms with Crippen LogP contribution in [0, 0.1) is 0 Å². The molecule has 148 valence electrons. The van der Waals surface area contributed by atoms with Crippen molar-refractivity contribution in [3.63, 3.8) is 0 Å². The van der Waals surface area contributed by atoms with Gasteiger partial charge in [0.25, 0.3) is 0 Å². The van der Waals surface area contributed by atoms with Crippen molar-refractivity contribution >= 4 is 35.8 Å². The van der Waals surface area contributed by atoms with E-state index in [1.165, 1.54) is 0 Å². The van der Waals surface area contributed by atoms with Crippen molar-refractivity contribution < 1.29 is 9.53 Å². The first kappa shape index (κ1) is 22.9. The second kappa shape index (κ2) is 12.3. The molecule has 8 nitrogen and oxygen atoms in total. The zero-order valence-corrected chi connectivity index (χ0v) is 18.2. The molecule has 2 rings (SSSR count). The van der Waals surface area contributed by atoms with Gasteiger partial charge in [-0.15, -0.1) is 24.0 Å². The monoisotopic (exact) mass is 486 g/mol. The average Bonchev–Trinajstić information content (AvgIpc) is 3.11. The number of ether oxygens (including phenoxy) is 1. The van der Waals surface area contributed by atoms with Gasteiger partial charge in [-0.1, -0.05) is 18.2 Å².